The number of hydrogen-bond donors (Lipinski definition) is 0. The Morgan fingerprint density at radius 3 is 1.62 bits per heavy atom. The van der Waals surface area contributed by atoms with Crippen molar-refractivity contribution in [2.75, 3.05) is 13.1 Å². The van der Waals surface area contributed by atoms with Crippen LogP contribution in [0.25, 0.3) is 0 Å². The lowest BCUT2D eigenvalue weighted by atomic mass is 10.0. The van der Waals surface area contributed by atoms with E-state index in [9.17, 15) is 4.79 Å². The third-order valence-electron chi connectivity index (χ3n) is 4.70. The number of amides is 1. The van der Waals surface area contributed by atoms with Gasteiger partial charge in [0.15, 0.2) is 0 Å². The SMILES string of the molecule is CCCCCCCCCCCCCCC(=O)N1CCCC1. The van der Waals surface area contributed by atoms with E-state index in [1.165, 1.54) is 83.5 Å². The summed E-state index contributed by atoms with van der Waals surface area (Å²) in [6.45, 7) is 4.30. The summed E-state index contributed by atoms with van der Waals surface area (Å²) in [6.07, 6.45) is 19.6. The van der Waals surface area contributed by atoms with Crippen molar-refractivity contribution in [3.05, 3.63) is 0 Å². The minimum atomic E-state index is 0.402. The molecule has 0 bridgehead atoms. The van der Waals surface area contributed by atoms with Gasteiger partial charge in [-0.15, -0.1) is 0 Å². The van der Waals surface area contributed by atoms with Gasteiger partial charge in [0.1, 0.15) is 0 Å². The molecule has 2 nitrogen and oxygen atoms in total. The molecule has 0 saturated carbocycles. The van der Waals surface area contributed by atoms with Gasteiger partial charge in [0.2, 0.25) is 5.91 Å². The lowest BCUT2D eigenvalue weighted by Gasteiger charge is -2.14. The van der Waals surface area contributed by atoms with E-state index in [0.29, 0.717) is 5.91 Å². The van der Waals surface area contributed by atoms with Crippen LogP contribution >= 0.6 is 0 Å². The van der Waals surface area contributed by atoms with Gasteiger partial charge in [-0.1, -0.05) is 77.6 Å². The van der Waals surface area contributed by atoms with Crippen molar-refractivity contribution < 1.29 is 4.79 Å². The van der Waals surface area contributed by atoms with Crippen LogP contribution in [-0.4, -0.2) is 23.9 Å². The first kappa shape index (κ1) is 18.5. The molecule has 21 heavy (non-hydrogen) atoms. The van der Waals surface area contributed by atoms with E-state index in [1.807, 2.05) is 0 Å². The summed E-state index contributed by atoms with van der Waals surface area (Å²) in [5.74, 6) is 0.402. The Labute approximate surface area is 132 Å². The molecular formula is C19H37NO. The minimum Gasteiger partial charge on any atom is -0.343 e. The number of carbonyl (C=O) groups excluding carboxylic acids is 1. The van der Waals surface area contributed by atoms with Crippen LogP contribution in [0.3, 0.4) is 0 Å². The van der Waals surface area contributed by atoms with Crippen molar-refractivity contribution in [3.8, 4) is 0 Å². The second-order valence-corrected chi connectivity index (χ2v) is 6.73. The molecule has 1 aliphatic heterocycles. The van der Waals surface area contributed by atoms with Crippen LogP contribution in [0.5, 0.6) is 0 Å². The Bertz CT molecular complexity index is 246. The van der Waals surface area contributed by atoms with Crippen molar-refractivity contribution in [2.45, 2.75) is 103 Å². The second kappa shape index (κ2) is 13.2. The predicted molar refractivity (Wildman–Crippen MR) is 91.5 cm³/mol. The highest BCUT2D eigenvalue weighted by molar-refractivity contribution is 5.76. The fraction of sp³-hybridized carbons (Fsp3) is 0.947. The van der Waals surface area contributed by atoms with Gasteiger partial charge in [-0.25, -0.2) is 0 Å². The molecule has 0 radical (unpaired) electrons. The first-order valence-corrected chi connectivity index (χ1v) is 9.62. The van der Waals surface area contributed by atoms with Crippen LogP contribution in [0.15, 0.2) is 0 Å². The van der Waals surface area contributed by atoms with E-state index in [1.54, 1.807) is 0 Å². The molecule has 0 unspecified atom stereocenters. The Kier molecular flexibility index (Phi) is 11.6. The van der Waals surface area contributed by atoms with Crippen LogP contribution < -0.4 is 0 Å². The summed E-state index contributed by atoms with van der Waals surface area (Å²) in [6, 6.07) is 0. The standard InChI is InChI=1S/C19H37NO/c1-2-3-4-5-6-7-8-9-10-11-12-13-16-19(21)20-17-14-15-18-20/h2-18H2,1H3. The average molecular weight is 296 g/mol. The zero-order valence-corrected chi connectivity index (χ0v) is 14.4. The molecule has 2 heteroatoms. The molecule has 1 saturated heterocycles. The molecule has 1 rings (SSSR count). The van der Waals surface area contributed by atoms with Gasteiger partial charge in [-0.05, 0) is 19.3 Å². The molecule has 0 aliphatic carbocycles. The Balaban J connectivity index is 1.75. The Morgan fingerprint density at radius 2 is 1.14 bits per heavy atom. The van der Waals surface area contributed by atoms with E-state index in [4.69, 9.17) is 0 Å². The molecular weight excluding hydrogens is 258 g/mol. The molecule has 1 heterocycles. The second-order valence-electron chi connectivity index (χ2n) is 6.73. The average Bonchev–Trinajstić information content (AvgIpc) is 3.02. The van der Waals surface area contributed by atoms with Crippen molar-refractivity contribution >= 4 is 5.91 Å². The van der Waals surface area contributed by atoms with E-state index in [0.717, 1.165) is 25.9 Å². The van der Waals surface area contributed by atoms with Gasteiger partial charge >= 0.3 is 0 Å². The first-order chi connectivity index (χ1) is 10.3. The summed E-state index contributed by atoms with van der Waals surface area (Å²) in [5.41, 5.74) is 0. The van der Waals surface area contributed by atoms with Gasteiger partial charge < -0.3 is 4.90 Å². The molecule has 1 amide bonds. The van der Waals surface area contributed by atoms with Gasteiger partial charge in [-0.2, -0.15) is 0 Å². The zero-order chi connectivity index (χ0) is 15.2. The first-order valence-electron chi connectivity index (χ1n) is 9.62. The molecule has 0 aromatic rings. The van der Waals surface area contributed by atoms with Crippen molar-refractivity contribution in [1.82, 2.24) is 4.90 Å². The summed E-state index contributed by atoms with van der Waals surface area (Å²) in [5, 5.41) is 0. The van der Waals surface area contributed by atoms with Gasteiger partial charge in [0, 0.05) is 19.5 Å². The smallest absolute Gasteiger partial charge is 0.222 e. The molecule has 0 N–H and O–H groups in total. The number of unbranched alkanes of at least 4 members (excludes halogenated alkanes) is 11. The molecule has 1 aliphatic rings. The summed E-state index contributed by atoms with van der Waals surface area (Å²) >= 11 is 0. The van der Waals surface area contributed by atoms with E-state index in [-0.39, 0.29) is 0 Å². The Hall–Kier alpha value is -0.530. The molecule has 1 fully saturated rings. The quantitative estimate of drug-likeness (QED) is 0.399. The molecule has 0 aromatic heterocycles. The normalized spacial score (nSPS) is 14.8. The number of likely N-dealkylation sites (tertiary alicyclic amines) is 1. The predicted octanol–water partition coefficient (Wildman–Crippen LogP) is 5.70. The maximum absolute atomic E-state index is 11.9. The Morgan fingerprint density at radius 1 is 0.714 bits per heavy atom. The van der Waals surface area contributed by atoms with Crippen LogP contribution in [0, 0.1) is 0 Å². The van der Waals surface area contributed by atoms with Gasteiger partial charge in [0.25, 0.3) is 0 Å². The lowest BCUT2D eigenvalue weighted by Crippen LogP contribution is -2.27. The van der Waals surface area contributed by atoms with E-state index in [2.05, 4.69) is 11.8 Å². The van der Waals surface area contributed by atoms with Crippen LogP contribution in [0.1, 0.15) is 103 Å². The summed E-state index contributed by atoms with van der Waals surface area (Å²) in [4.78, 5) is 13.9. The van der Waals surface area contributed by atoms with Crippen molar-refractivity contribution in [2.24, 2.45) is 0 Å². The monoisotopic (exact) mass is 295 g/mol. The highest BCUT2D eigenvalue weighted by Crippen LogP contribution is 2.14. The summed E-state index contributed by atoms with van der Waals surface area (Å²) in [7, 11) is 0. The fourth-order valence-electron chi connectivity index (χ4n) is 3.24. The molecule has 0 spiro atoms. The van der Waals surface area contributed by atoms with Gasteiger partial charge in [0.05, 0.1) is 0 Å². The van der Waals surface area contributed by atoms with Crippen molar-refractivity contribution in [1.29, 1.82) is 0 Å². The highest BCUT2D eigenvalue weighted by Gasteiger charge is 2.16. The lowest BCUT2D eigenvalue weighted by molar-refractivity contribution is -0.130. The molecule has 124 valence electrons. The summed E-state index contributed by atoms with van der Waals surface area (Å²) < 4.78 is 0. The minimum absolute atomic E-state index is 0.402. The maximum atomic E-state index is 11.9. The van der Waals surface area contributed by atoms with Gasteiger partial charge in [-0.3, -0.25) is 4.79 Å². The van der Waals surface area contributed by atoms with E-state index < -0.39 is 0 Å². The number of carbonyl (C=O) groups is 1. The number of hydrogen-bond acceptors (Lipinski definition) is 1. The van der Waals surface area contributed by atoms with E-state index >= 15 is 0 Å². The van der Waals surface area contributed by atoms with Crippen LogP contribution in [-0.2, 0) is 4.79 Å². The molecule has 0 atom stereocenters. The zero-order valence-electron chi connectivity index (χ0n) is 14.4. The molecule has 0 aromatic carbocycles. The maximum Gasteiger partial charge on any atom is 0.222 e. The van der Waals surface area contributed by atoms with Crippen LogP contribution in [0.4, 0.5) is 0 Å². The van der Waals surface area contributed by atoms with Crippen LogP contribution in [0.2, 0.25) is 0 Å². The number of nitrogens with zero attached hydrogens (tertiary/aromatic N) is 1. The third kappa shape index (κ3) is 9.92. The fourth-order valence-corrected chi connectivity index (χ4v) is 3.24. The largest absolute Gasteiger partial charge is 0.343 e. The highest BCUT2D eigenvalue weighted by atomic mass is 16.2. The number of rotatable bonds is 13. The third-order valence-corrected chi connectivity index (χ3v) is 4.70. The van der Waals surface area contributed by atoms with Crippen molar-refractivity contribution in [3.63, 3.8) is 0 Å². The topological polar surface area (TPSA) is 20.3 Å².